The van der Waals surface area contributed by atoms with Crippen molar-refractivity contribution in [2.75, 3.05) is 39.8 Å². The minimum Gasteiger partial charge on any atom is -0.465 e. The number of hydrogen-bond acceptors (Lipinski definition) is 5. The normalized spacial score (nSPS) is 14.9. The lowest BCUT2D eigenvalue weighted by Crippen LogP contribution is -2.49. The van der Waals surface area contributed by atoms with Gasteiger partial charge in [-0.25, -0.2) is 4.79 Å². The standard InChI is InChI=1S/C29H31ClN2O4/c1-21-3-7-24(8-4-21)28(33)32-17-15-31(16-18-32)19-27(23-11-13-26(30)14-12-23)36-20-22-5-9-25(10-6-22)29(34)35-2/h3-14,27H,15-20H2,1-2H3/t27-/m1/s1. The summed E-state index contributed by atoms with van der Waals surface area (Å²) < 4.78 is 11.1. The summed E-state index contributed by atoms with van der Waals surface area (Å²) in [4.78, 5) is 28.8. The zero-order valence-corrected chi connectivity index (χ0v) is 21.4. The predicted molar refractivity (Wildman–Crippen MR) is 140 cm³/mol. The molecule has 1 heterocycles. The average molecular weight is 507 g/mol. The Morgan fingerprint density at radius 1 is 0.861 bits per heavy atom. The van der Waals surface area contributed by atoms with Crippen molar-refractivity contribution in [1.82, 2.24) is 9.80 Å². The number of carbonyl (C=O) groups excluding carboxylic acids is 2. The summed E-state index contributed by atoms with van der Waals surface area (Å²) in [6, 6.07) is 22.7. The summed E-state index contributed by atoms with van der Waals surface area (Å²) in [5.41, 5.74) is 4.39. The van der Waals surface area contributed by atoms with Gasteiger partial charge in [0.05, 0.1) is 25.4 Å². The third kappa shape index (κ3) is 6.72. The molecule has 6 nitrogen and oxygen atoms in total. The van der Waals surface area contributed by atoms with Gasteiger partial charge in [-0.3, -0.25) is 9.69 Å². The van der Waals surface area contributed by atoms with Crippen LogP contribution in [0.1, 0.15) is 43.5 Å². The van der Waals surface area contributed by atoms with Crippen LogP contribution in [0.25, 0.3) is 0 Å². The first-order chi connectivity index (χ1) is 17.4. The minimum absolute atomic E-state index is 0.0792. The zero-order chi connectivity index (χ0) is 25.5. The molecular weight excluding hydrogens is 476 g/mol. The van der Waals surface area contributed by atoms with Gasteiger partial charge in [-0.2, -0.15) is 0 Å². The maximum atomic E-state index is 12.9. The number of halogens is 1. The van der Waals surface area contributed by atoms with Crippen LogP contribution in [0.3, 0.4) is 0 Å². The Labute approximate surface area is 217 Å². The molecule has 1 aliphatic heterocycles. The van der Waals surface area contributed by atoms with E-state index < -0.39 is 0 Å². The van der Waals surface area contributed by atoms with E-state index in [1.807, 2.05) is 72.5 Å². The van der Waals surface area contributed by atoms with Crippen molar-refractivity contribution in [2.45, 2.75) is 19.6 Å². The number of nitrogens with zero attached hydrogens (tertiary/aromatic N) is 2. The highest BCUT2D eigenvalue weighted by Crippen LogP contribution is 2.24. The summed E-state index contributed by atoms with van der Waals surface area (Å²) in [7, 11) is 1.37. The fraction of sp³-hybridized carbons (Fsp3) is 0.310. The summed E-state index contributed by atoms with van der Waals surface area (Å²) in [5, 5.41) is 0.680. The van der Waals surface area contributed by atoms with E-state index in [9.17, 15) is 9.59 Å². The highest BCUT2D eigenvalue weighted by molar-refractivity contribution is 6.30. The Morgan fingerprint density at radius 2 is 1.47 bits per heavy atom. The summed E-state index contributed by atoms with van der Waals surface area (Å²) in [6.07, 6.45) is -0.165. The molecule has 0 unspecified atom stereocenters. The summed E-state index contributed by atoms with van der Waals surface area (Å²) >= 11 is 6.11. The molecule has 0 saturated carbocycles. The molecule has 1 aliphatic rings. The second-order valence-corrected chi connectivity index (χ2v) is 9.43. The number of aryl methyl sites for hydroxylation is 1. The van der Waals surface area contributed by atoms with Crippen LogP contribution in [0.15, 0.2) is 72.8 Å². The molecule has 1 saturated heterocycles. The fourth-order valence-electron chi connectivity index (χ4n) is 4.23. The van der Waals surface area contributed by atoms with Gasteiger partial charge in [0.1, 0.15) is 0 Å². The quantitative estimate of drug-likeness (QED) is 0.395. The second-order valence-electron chi connectivity index (χ2n) is 9.00. The van der Waals surface area contributed by atoms with Crippen LogP contribution in [0.4, 0.5) is 0 Å². The van der Waals surface area contributed by atoms with Gasteiger partial charge in [0.25, 0.3) is 5.91 Å². The number of benzene rings is 3. The van der Waals surface area contributed by atoms with E-state index in [4.69, 9.17) is 21.1 Å². The first-order valence-corrected chi connectivity index (χ1v) is 12.4. The van der Waals surface area contributed by atoms with Gasteiger partial charge in [-0.05, 0) is 54.4 Å². The van der Waals surface area contributed by atoms with E-state index in [2.05, 4.69) is 4.90 Å². The molecule has 0 N–H and O–H groups in total. The van der Waals surface area contributed by atoms with Gasteiger partial charge in [-0.15, -0.1) is 0 Å². The summed E-state index contributed by atoms with van der Waals surface area (Å²) in [5.74, 6) is -0.280. The maximum absolute atomic E-state index is 12.9. The third-order valence-electron chi connectivity index (χ3n) is 6.45. The zero-order valence-electron chi connectivity index (χ0n) is 20.7. The van der Waals surface area contributed by atoms with E-state index >= 15 is 0 Å². The van der Waals surface area contributed by atoms with Gasteiger partial charge in [-0.1, -0.05) is 53.6 Å². The van der Waals surface area contributed by atoms with Gasteiger partial charge < -0.3 is 14.4 Å². The molecule has 1 amide bonds. The van der Waals surface area contributed by atoms with E-state index in [0.29, 0.717) is 36.8 Å². The number of ether oxygens (including phenoxy) is 2. The van der Waals surface area contributed by atoms with Crippen molar-refractivity contribution in [3.63, 3.8) is 0 Å². The number of amides is 1. The number of hydrogen-bond donors (Lipinski definition) is 0. The van der Waals surface area contributed by atoms with Crippen molar-refractivity contribution in [3.05, 3.63) is 106 Å². The molecule has 0 aromatic heterocycles. The van der Waals surface area contributed by atoms with E-state index in [0.717, 1.165) is 35.3 Å². The molecule has 0 aliphatic carbocycles. The van der Waals surface area contributed by atoms with Gasteiger partial charge >= 0.3 is 5.97 Å². The molecule has 188 valence electrons. The molecule has 0 bridgehead atoms. The van der Waals surface area contributed by atoms with E-state index in [1.54, 1.807) is 12.1 Å². The largest absolute Gasteiger partial charge is 0.465 e. The van der Waals surface area contributed by atoms with Crippen molar-refractivity contribution in [3.8, 4) is 0 Å². The second kappa shape index (κ2) is 12.2. The van der Waals surface area contributed by atoms with Crippen LogP contribution in [0.2, 0.25) is 5.02 Å². The third-order valence-corrected chi connectivity index (χ3v) is 6.70. The smallest absolute Gasteiger partial charge is 0.337 e. The lowest BCUT2D eigenvalue weighted by molar-refractivity contribution is 0.00341. The molecule has 7 heteroatoms. The Kier molecular flexibility index (Phi) is 8.75. The van der Waals surface area contributed by atoms with Crippen LogP contribution in [-0.2, 0) is 16.1 Å². The molecule has 0 radical (unpaired) electrons. The van der Waals surface area contributed by atoms with Crippen LogP contribution in [0.5, 0.6) is 0 Å². The van der Waals surface area contributed by atoms with Gasteiger partial charge in [0.2, 0.25) is 0 Å². The lowest BCUT2D eigenvalue weighted by atomic mass is 10.1. The fourth-order valence-corrected chi connectivity index (χ4v) is 4.36. The van der Waals surface area contributed by atoms with Gasteiger partial charge in [0.15, 0.2) is 0 Å². The molecule has 3 aromatic rings. The predicted octanol–water partition coefficient (Wildman–Crippen LogP) is 5.15. The Hall–Kier alpha value is -3.19. The monoisotopic (exact) mass is 506 g/mol. The van der Waals surface area contributed by atoms with E-state index in [1.165, 1.54) is 7.11 Å². The van der Waals surface area contributed by atoms with E-state index in [-0.39, 0.29) is 18.0 Å². The van der Waals surface area contributed by atoms with Crippen molar-refractivity contribution in [1.29, 1.82) is 0 Å². The molecule has 4 rings (SSSR count). The SMILES string of the molecule is COC(=O)c1ccc(CO[C@H](CN2CCN(C(=O)c3ccc(C)cc3)CC2)c2ccc(Cl)cc2)cc1. The molecule has 1 fully saturated rings. The molecule has 1 atom stereocenters. The number of piperazine rings is 1. The summed E-state index contributed by atoms with van der Waals surface area (Å²) in [6.45, 7) is 6.03. The number of esters is 1. The Bertz CT molecular complexity index is 1160. The number of rotatable bonds is 8. The minimum atomic E-state index is -0.360. The molecule has 3 aromatic carbocycles. The average Bonchev–Trinajstić information content (AvgIpc) is 2.92. The Balaban J connectivity index is 1.37. The highest BCUT2D eigenvalue weighted by atomic mass is 35.5. The Morgan fingerprint density at radius 3 is 2.08 bits per heavy atom. The molecule has 36 heavy (non-hydrogen) atoms. The van der Waals surface area contributed by atoms with Crippen molar-refractivity contribution < 1.29 is 19.1 Å². The topological polar surface area (TPSA) is 59.1 Å². The lowest BCUT2D eigenvalue weighted by Gasteiger charge is -2.36. The van der Waals surface area contributed by atoms with Crippen LogP contribution in [0, 0.1) is 6.92 Å². The van der Waals surface area contributed by atoms with Crippen molar-refractivity contribution in [2.24, 2.45) is 0 Å². The van der Waals surface area contributed by atoms with Crippen molar-refractivity contribution >= 4 is 23.5 Å². The van der Waals surface area contributed by atoms with Crippen LogP contribution < -0.4 is 0 Å². The number of carbonyl (C=O) groups is 2. The van der Waals surface area contributed by atoms with Crippen LogP contribution >= 0.6 is 11.6 Å². The number of methoxy groups -OCH3 is 1. The first kappa shape index (κ1) is 25.9. The maximum Gasteiger partial charge on any atom is 0.337 e. The highest BCUT2D eigenvalue weighted by Gasteiger charge is 2.25. The molecular formula is C29H31ClN2O4. The molecule has 0 spiro atoms. The van der Waals surface area contributed by atoms with Crippen LogP contribution in [-0.4, -0.2) is 61.5 Å². The van der Waals surface area contributed by atoms with Gasteiger partial charge in [0, 0.05) is 43.3 Å². The first-order valence-electron chi connectivity index (χ1n) is 12.1.